The summed E-state index contributed by atoms with van der Waals surface area (Å²) >= 11 is 0. The second-order valence-electron chi connectivity index (χ2n) is 6.62. The van der Waals surface area contributed by atoms with Crippen molar-refractivity contribution in [2.75, 3.05) is 13.2 Å². The molecule has 2 N–H and O–H groups in total. The van der Waals surface area contributed by atoms with Gasteiger partial charge in [0.25, 0.3) is 5.91 Å². The monoisotopic (exact) mass is 391 g/mol. The van der Waals surface area contributed by atoms with Crippen LogP contribution in [0.2, 0.25) is 0 Å². The lowest BCUT2D eigenvalue weighted by atomic mass is 9.86. The Kier molecular flexibility index (Phi) is 5.89. The maximum Gasteiger partial charge on any atom is 0.305 e. The molecule has 1 fully saturated rings. The minimum atomic E-state index is -0.993. The second-order valence-corrected chi connectivity index (χ2v) is 6.62. The van der Waals surface area contributed by atoms with Crippen molar-refractivity contribution >= 4 is 11.9 Å². The van der Waals surface area contributed by atoms with Crippen LogP contribution < -0.4 is 10.1 Å². The highest BCUT2D eigenvalue weighted by Gasteiger charge is 2.36. The van der Waals surface area contributed by atoms with Crippen molar-refractivity contribution in [3.05, 3.63) is 59.7 Å². The number of hydrogen-bond acceptors (Lipinski definition) is 4. The molecule has 2 aromatic rings. The molecule has 1 aliphatic rings. The van der Waals surface area contributed by atoms with E-state index in [1.54, 1.807) is 0 Å². The third-order valence-corrected chi connectivity index (χ3v) is 4.56. The van der Waals surface area contributed by atoms with Gasteiger partial charge in [-0.3, -0.25) is 9.59 Å². The molecule has 0 bridgehead atoms. The van der Waals surface area contributed by atoms with E-state index in [4.69, 9.17) is 14.6 Å². The number of carboxylic acid groups (broad SMARTS) is 1. The molecule has 3 rings (SSSR count). The van der Waals surface area contributed by atoms with Gasteiger partial charge in [-0.1, -0.05) is 0 Å². The van der Waals surface area contributed by atoms with E-state index in [1.807, 2.05) is 0 Å². The normalized spacial score (nSPS) is 15.6. The fourth-order valence-corrected chi connectivity index (χ4v) is 3.07. The first-order valence-corrected chi connectivity index (χ1v) is 8.72. The van der Waals surface area contributed by atoms with Crippen LogP contribution in [0, 0.1) is 11.6 Å². The minimum Gasteiger partial charge on any atom is -0.481 e. The molecule has 1 heterocycles. The number of carbonyl (C=O) groups excluding carboxylic acids is 1. The van der Waals surface area contributed by atoms with Gasteiger partial charge in [0.2, 0.25) is 0 Å². The van der Waals surface area contributed by atoms with Crippen LogP contribution in [0.15, 0.2) is 42.5 Å². The van der Waals surface area contributed by atoms with Crippen LogP contribution in [0.25, 0.3) is 0 Å². The maximum absolute atomic E-state index is 13.7. The molecule has 28 heavy (non-hydrogen) atoms. The largest absolute Gasteiger partial charge is 0.481 e. The molecule has 148 valence electrons. The van der Waals surface area contributed by atoms with Crippen molar-refractivity contribution in [2.45, 2.75) is 24.8 Å². The lowest BCUT2D eigenvalue weighted by molar-refractivity contribution is -0.139. The molecule has 0 spiro atoms. The third-order valence-electron chi connectivity index (χ3n) is 4.56. The van der Waals surface area contributed by atoms with Gasteiger partial charge in [-0.05, 0) is 49.2 Å². The van der Waals surface area contributed by atoms with E-state index in [9.17, 15) is 18.4 Å². The van der Waals surface area contributed by atoms with Gasteiger partial charge in [0.1, 0.15) is 11.6 Å². The standard InChI is InChI=1S/C20H19F2NO5/c21-14-3-6-17(16(22)11-14)28-15-4-1-13(2-5-15)19(26)23-20(12-18(24)25)7-9-27-10-8-20/h1-6,11H,7-10,12H2,(H,23,26)(H,24,25). The first-order chi connectivity index (χ1) is 13.4. The van der Waals surface area contributed by atoms with Crippen molar-refractivity contribution in [2.24, 2.45) is 0 Å². The van der Waals surface area contributed by atoms with Gasteiger partial charge < -0.3 is 19.9 Å². The Bertz CT molecular complexity index is 863. The van der Waals surface area contributed by atoms with Crippen LogP contribution in [0.5, 0.6) is 11.5 Å². The maximum atomic E-state index is 13.7. The van der Waals surface area contributed by atoms with E-state index in [2.05, 4.69) is 5.32 Å². The molecule has 0 aliphatic carbocycles. The van der Waals surface area contributed by atoms with Crippen molar-refractivity contribution in [3.8, 4) is 11.5 Å². The Labute approximate surface area is 160 Å². The van der Waals surface area contributed by atoms with Gasteiger partial charge in [0.15, 0.2) is 11.6 Å². The van der Waals surface area contributed by atoms with E-state index in [1.165, 1.54) is 30.3 Å². The molecule has 0 atom stereocenters. The number of aliphatic carboxylic acids is 1. The summed E-state index contributed by atoms with van der Waals surface area (Å²) in [6.07, 6.45) is 0.638. The van der Waals surface area contributed by atoms with Gasteiger partial charge >= 0.3 is 5.97 Å². The number of carboxylic acids is 1. The molecular formula is C20H19F2NO5. The highest BCUT2D eigenvalue weighted by molar-refractivity contribution is 5.95. The van der Waals surface area contributed by atoms with Crippen LogP contribution in [-0.2, 0) is 9.53 Å². The van der Waals surface area contributed by atoms with Crippen LogP contribution in [0.1, 0.15) is 29.6 Å². The smallest absolute Gasteiger partial charge is 0.305 e. The fraction of sp³-hybridized carbons (Fsp3) is 0.300. The number of amides is 1. The first-order valence-electron chi connectivity index (χ1n) is 8.72. The summed E-state index contributed by atoms with van der Waals surface area (Å²) in [5, 5.41) is 12.0. The minimum absolute atomic E-state index is 0.138. The van der Waals surface area contributed by atoms with Crippen molar-refractivity contribution < 1.29 is 33.0 Å². The van der Waals surface area contributed by atoms with E-state index in [0.29, 0.717) is 37.7 Å². The molecule has 1 saturated heterocycles. The third kappa shape index (κ3) is 4.83. The summed E-state index contributed by atoms with van der Waals surface area (Å²) in [7, 11) is 0. The molecule has 0 aromatic heterocycles. The molecule has 0 radical (unpaired) electrons. The summed E-state index contributed by atoms with van der Waals surface area (Å²) in [6.45, 7) is 0.757. The zero-order valence-corrected chi connectivity index (χ0v) is 14.9. The number of hydrogen-bond donors (Lipinski definition) is 2. The summed E-state index contributed by atoms with van der Waals surface area (Å²) in [5.74, 6) is -2.82. The number of rotatable bonds is 6. The number of carbonyl (C=O) groups is 2. The fourth-order valence-electron chi connectivity index (χ4n) is 3.07. The highest BCUT2D eigenvalue weighted by Crippen LogP contribution is 2.27. The number of benzene rings is 2. The first kappa shape index (κ1) is 19.8. The summed E-state index contributed by atoms with van der Waals surface area (Å²) < 4.78 is 37.2. The van der Waals surface area contributed by atoms with Gasteiger partial charge in [0.05, 0.1) is 12.0 Å². The summed E-state index contributed by atoms with van der Waals surface area (Å²) in [6, 6.07) is 8.89. The van der Waals surface area contributed by atoms with Gasteiger partial charge in [-0.25, -0.2) is 8.78 Å². The quantitative estimate of drug-likeness (QED) is 0.787. The Morgan fingerprint density at radius 1 is 1.11 bits per heavy atom. The molecular weight excluding hydrogens is 372 g/mol. The molecule has 1 aliphatic heterocycles. The topological polar surface area (TPSA) is 84.9 Å². The van der Waals surface area contributed by atoms with Gasteiger partial charge in [-0.2, -0.15) is 0 Å². The molecule has 2 aromatic carbocycles. The molecule has 1 amide bonds. The Hall–Kier alpha value is -3.00. The average Bonchev–Trinajstić information content (AvgIpc) is 2.64. The average molecular weight is 391 g/mol. The lowest BCUT2D eigenvalue weighted by Gasteiger charge is -2.36. The Morgan fingerprint density at radius 3 is 2.39 bits per heavy atom. The SMILES string of the molecule is O=C(O)CC1(NC(=O)c2ccc(Oc3ccc(F)cc3F)cc2)CCOCC1. The van der Waals surface area contributed by atoms with Crippen molar-refractivity contribution in [1.82, 2.24) is 5.32 Å². The lowest BCUT2D eigenvalue weighted by Crippen LogP contribution is -2.53. The zero-order valence-electron chi connectivity index (χ0n) is 14.9. The van der Waals surface area contributed by atoms with E-state index >= 15 is 0 Å². The van der Waals surface area contributed by atoms with Gasteiger partial charge in [0, 0.05) is 24.8 Å². The predicted molar refractivity (Wildman–Crippen MR) is 95.4 cm³/mol. The highest BCUT2D eigenvalue weighted by atomic mass is 19.1. The summed E-state index contributed by atoms with van der Waals surface area (Å²) in [5.41, 5.74) is -0.545. The number of halogens is 2. The Balaban J connectivity index is 1.69. The van der Waals surface area contributed by atoms with Crippen LogP contribution in [-0.4, -0.2) is 35.7 Å². The summed E-state index contributed by atoms with van der Waals surface area (Å²) in [4.78, 5) is 23.8. The van der Waals surface area contributed by atoms with Crippen molar-refractivity contribution in [3.63, 3.8) is 0 Å². The molecule has 6 nitrogen and oxygen atoms in total. The Morgan fingerprint density at radius 2 is 1.79 bits per heavy atom. The van der Waals surface area contributed by atoms with Gasteiger partial charge in [-0.15, -0.1) is 0 Å². The van der Waals surface area contributed by atoms with Crippen molar-refractivity contribution in [1.29, 1.82) is 0 Å². The number of nitrogens with one attached hydrogen (secondary N) is 1. The second kappa shape index (κ2) is 8.35. The molecule has 8 heteroatoms. The molecule has 0 saturated carbocycles. The van der Waals surface area contributed by atoms with E-state index < -0.39 is 29.0 Å². The van der Waals surface area contributed by atoms with E-state index in [0.717, 1.165) is 6.07 Å². The zero-order chi connectivity index (χ0) is 20.1. The predicted octanol–water partition coefficient (Wildman–Crippen LogP) is 3.51. The van der Waals surface area contributed by atoms with Crippen LogP contribution in [0.4, 0.5) is 8.78 Å². The van der Waals surface area contributed by atoms with Crippen LogP contribution >= 0.6 is 0 Å². The van der Waals surface area contributed by atoms with E-state index in [-0.39, 0.29) is 17.9 Å². The molecule has 0 unspecified atom stereocenters. The van der Waals surface area contributed by atoms with Crippen LogP contribution in [0.3, 0.4) is 0 Å². The number of ether oxygens (including phenoxy) is 2.